The largest absolute Gasteiger partial charge is 0.409 e. The molecule has 5 heteroatoms. The van der Waals surface area contributed by atoms with Crippen molar-refractivity contribution in [2.45, 2.75) is 45.8 Å². The van der Waals surface area contributed by atoms with Gasteiger partial charge in [0.05, 0.1) is 12.2 Å². The molecule has 0 radical (unpaired) electrons. The van der Waals surface area contributed by atoms with Crippen molar-refractivity contribution >= 4 is 5.84 Å². The summed E-state index contributed by atoms with van der Waals surface area (Å²) >= 11 is 0. The molecule has 0 saturated heterocycles. The molecule has 0 aromatic carbocycles. The third-order valence-electron chi connectivity index (χ3n) is 2.36. The van der Waals surface area contributed by atoms with E-state index in [1.54, 1.807) is 0 Å². The number of ether oxygens (including phenoxy) is 1. The van der Waals surface area contributed by atoms with Crippen LogP contribution in [0.15, 0.2) is 5.16 Å². The van der Waals surface area contributed by atoms with Gasteiger partial charge in [0.15, 0.2) is 0 Å². The summed E-state index contributed by atoms with van der Waals surface area (Å²) in [4.78, 5) is 2.13. The van der Waals surface area contributed by atoms with Crippen LogP contribution >= 0.6 is 0 Å². The van der Waals surface area contributed by atoms with Crippen molar-refractivity contribution in [1.29, 1.82) is 0 Å². The Labute approximate surface area is 98.2 Å². The normalized spacial score (nSPS) is 15.5. The average Bonchev–Trinajstić information content (AvgIpc) is 2.15. The smallest absolute Gasteiger partial charge is 0.140 e. The van der Waals surface area contributed by atoms with E-state index in [4.69, 9.17) is 15.7 Å². The number of rotatable bonds is 6. The Morgan fingerprint density at radius 2 is 2.06 bits per heavy atom. The van der Waals surface area contributed by atoms with Crippen LogP contribution in [-0.2, 0) is 4.74 Å². The van der Waals surface area contributed by atoms with Gasteiger partial charge < -0.3 is 20.6 Å². The molecule has 0 aliphatic carbocycles. The summed E-state index contributed by atoms with van der Waals surface area (Å²) in [6, 6.07) is 0.236. The van der Waals surface area contributed by atoms with E-state index in [0.717, 1.165) is 6.54 Å². The fraction of sp³-hybridized carbons (Fsp3) is 0.909. The molecule has 0 fully saturated rings. The maximum atomic E-state index is 8.47. The van der Waals surface area contributed by atoms with E-state index < -0.39 is 0 Å². The van der Waals surface area contributed by atoms with Crippen molar-refractivity contribution in [1.82, 2.24) is 4.90 Å². The third-order valence-corrected chi connectivity index (χ3v) is 2.36. The summed E-state index contributed by atoms with van der Waals surface area (Å²) in [7, 11) is 2.00. The van der Waals surface area contributed by atoms with Crippen LogP contribution in [0.25, 0.3) is 0 Å². The first-order valence-electron chi connectivity index (χ1n) is 5.57. The number of hydrogen-bond donors (Lipinski definition) is 2. The van der Waals surface area contributed by atoms with Gasteiger partial charge in [-0.25, -0.2) is 0 Å². The quantitative estimate of drug-likeness (QED) is 0.312. The maximum Gasteiger partial charge on any atom is 0.140 e. The van der Waals surface area contributed by atoms with E-state index in [2.05, 4.69) is 10.1 Å². The SMILES string of the molecule is CC(CC(N)=NO)N(C)CCOC(C)(C)C. The molecule has 0 heterocycles. The minimum Gasteiger partial charge on any atom is -0.409 e. The standard InChI is InChI=1S/C11H25N3O2/c1-9(8-10(12)13-15)14(5)6-7-16-11(2,3)4/h9,15H,6-8H2,1-5H3,(H2,12,13). The van der Waals surface area contributed by atoms with E-state index in [9.17, 15) is 0 Å². The Balaban J connectivity index is 3.84. The highest BCUT2D eigenvalue weighted by Crippen LogP contribution is 2.07. The lowest BCUT2D eigenvalue weighted by Crippen LogP contribution is -2.36. The minimum absolute atomic E-state index is 0.102. The third kappa shape index (κ3) is 7.48. The summed E-state index contributed by atoms with van der Waals surface area (Å²) in [5.41, 5.74) is 5.35. The van der Waals surface area contributed by atoms with Crippen LogP contribution < -0.4 is 5.73 Å². The molecule has 0 aliphatic rings. The lowest BCUT2D eigenvalue weighted by atomic mass is 10.2. The highest BCUT2D eigenvalue weighted by Gasteiger charge is 2.13. The molecule has 0 aliphatic heterocycles. The van der Waals surface area contributed by atoms with E-state index in [1.807, 2.05) is 34.7 Å². The lowest BCUT2D eigenvalue weighted by Gasteiger charge is -2.26. The molecule has 3 N–H and O–H groups in total. The highest BCUT2D eigenvalue weighted by molar-refractivity contribution is 5.80. The number of amidine groups is 1. The number of hydrogen-bond acceptors (Lipinski definition) is 4. The molecule has 0 bridgehead atoms. The Morgan fingerprint density at radius 3 is 2.50 bits per heavy atom. The number of nitrogens with zero attached hydrogens (tertiary/aromatic N) is 2. The Hall–Kier alpha value is -0.810. The second-order valence-corrected chi connectivity index (χ2v) is 5.09. The maximum absolute atomic E-state index is 8.47. The number of nitrogens with two attached hydrogens (primary N) is 1. The van der Waals surface area contributed by atoms with Gasteiger partial charge in [-0.2, -0.15) is 0 Å². The van der Waals surface area contributed by atoms with Crippen LogP contribution in [0.5, 0.6) is 0 Å². The van der Waals surface area contributed by atoms with Crippen LogP contribution in [0.2, 0.25) is 0 Å². The van der Waals surface area contributed by atoms with Crippen molar-refractivity contribution < 1.29 is 9.94 Å². The molecule has 0 aromatic heterocycles. The Morgan fingerprint density at radius 1 is 1.50 bits per heavy atom. The van der Waals surface area contributed by atoms with E-state index in [0.29, 0.717) is 13.0 Å². The van der Waals surface area contributed by atoms with Crippen LogP contribution in [0, 0.1) is 0 Å². The predicted molar refractivity (Wildman–Crippen MR) is 65.8 cm³/mol. The zero-order valence-electron chi connectivity index (χ0n) is 11.0. The van der Waals surface area contributed by atoms with Crippen molar-refractivity contribution in [3.05, 3.63) is 0 Å². The Kier molecular flexibility index (Phi) is 6.36. The summed E-state index contributed by atoms with van der Waals surface area (Å²) in [6.45, 7) is 9.65. The molecular weight excluding hydrogens is 206 g/mol. The molecule has 96 valence electrons. The molecular formula is C11H25N3O2. The van der Waals surface area contributed by atoms with Gasteiger partial charge in [0.1, 0.15) is 5.84 Å². The zero-order valence-corrected chi connectivity index (χ0v) is 11.0. The fourth-order valence-electron chi connectivity index (χ4n) is 1.22. The van der Waals surface area contributed by atoms with E-state index >= 15 is 0 Å². The Bertz CT molecular complexity index is 224. The average molecular weight is 231 g/mol. The molecule has 0 amide bonds. The second kappa shape index (κ2) is 6.70. The van der Waals surface area contributed by atoms with Gasteiger partial charge >= 0.3 is 0 Å². The van der Waals surface area contributed by atoms with Crippen molar-refractivity contribution in [3.63, 3.8) is 0 Å². The van der Waals surface area contributed by atoms with Gasteiger partial charge in [-0.1, -0.05) is 5.16 Å². The molecule has 0 saturated carbocycles. The summed E-state index contributed by atoms with van der Waals surface area (Å²) in [5.74, 6) is 0.260. The van der Waals surface area contributed by atoms with Gasteiger partial charge in [-0.15, -0.1) is 0 Å². The van der Waals surface area contributed by atoms with Crippen molar-refractivity contribution in [2.75, 3.05) is 20.2 Å². The van der Waals surface area contributed by atoms with Crippen LogP contribution in [-0.4, -0.2) is 47.8 Å². The molecule has 0 rings (SSSR count). The zero-order chi connectivity index (χ0) is 12.8. The molecule has 1 unspecified atom stereocenters. The van der Waals surface area contributed by atoms with E-state index in [-0.39, 0.29) is 17.5 Å². The van der Waals surface area contributed by atoms with Crippen LogP contribution in [0.1, 0.15) is 34.1 Å². The first-order chi connectivity index (χ1) is 7.26. The second-order valence-electron chi connectivity index (χ2n) is 5.09. The number of likely N-dealkylation sites (N-methyl/N-ethyl adjacent to an activating group) is 1. The van der Waals surface area contributed by atoms with Gasteiger partial charge in [0.25, 0.3) is 0 Å². The number of oxime groups is 1. The van der Waals surface area contributed by atoms with Crippen LogP contribution in [0.3, 0.4) is 0 Å². The minimum atomic E-state index is -0.102. The van der Waals surface area contributed by atoms with Crippen molar-refractivity contribution in [2.24, 2.45) is 10.9 Å². The van der Waals surface area contributed by atoms with Gasteiger partial charge in [0.2, 0.25) is 0 Å². The molecule has 1 atom stereocenters. The molecule has 5 nitrogen and oxygen atoms in total. The topological polar surface area (TPSA) is 71.1 Å². The van der Waals surface area contributed by atoms with Gasteiger partial charge in [-0.3, -0.25) is 0 Å². The molecule has 0 spiro atoms. The summed E-state index contributed by atoms with van der Waals surface area (Å²) in [5, 5.41) is 11.4. The summed E-state index contributed by atoms with van der Waals surface area (Å²) in [6.07, 6.45) is 0.558. The van der Waals surface area contributed by atoms with E-state index in [1.165, 1.54) is 0 Å². The monoisotopic (exact) mass is 231 g/mol. The lowest BCUT2D eigenvalue weighted by molar-refractivity contribution is -0.0135. The highest BCUT2D eigenvalue weighted by atomic mass is 16.5. The van der Waals surface area contributed by atoms with Crippen molar-refractivity contribution in [3.8, 4) is 0 Å². The van der Waals surface area contributed by atoms with Gasteiger partial charge in [-0.05, 0) is 34.7 Å². The first kappa shape index (κ1) is 15.2. The first-order valence-corrected chi connectivity index (χ1v) is 5.57. The molecule has 16 heavy (non-hydrogen) atoms. The summed E-state index contributed by atoms with van der Waals surface area (Å²) < 4.78 is 5.63. The van der Waals surface area contributed by atoms with Gasteiger partial charge in [0, 0.05) is 19.0 Å². The predicted octanol–water partition coefficient (Wildman–Crippen LogP) is 1.26. The van der Waals surface area contributed by atoms with Crippen LogP contribution in [0.4, 0.5) is 0 Å². The fourth-order valence-corrected chi connectivity index (χ4v) is 1.22. The molecule has 0 aromatic rings.